The lowest BCUT2D eigenvalue weighted by atomic mass is 9.86. The van der Waals surface area contributed by atoms with Gasteiger partial charge in [0, 0.05) is 10.6 Å². The molecule has 0 aliphatic heterocycles. The maximum Gasteiger partial charge on any atom is 0.235 e. The molecule has 164 valence electrons. The quantitative estimate of drug-likeness (QED) is 0.324. The Morgan fingerprint density at radius 3 is 2.34 bits per heavy atom. The van der Waals surface area contributed by atoms with Crippen LogP contribution in [0.4, 0.5) is 0 Å². The second kappa shape index (κ2) is 8.48. The van der Waals surface area contributed by atoms with Crippen LogP contribution in [0.15, 0.2) is 69.9 Å². The summed E-state index contributed by atoms with van der Waals surface area (Å²) in [7, 11) is 0. The van der Waals surface area contributed by atoms with Gasteiger partial charge >= 0.3 is 0 Å². The highest BCUT2D eigenvalue weighted by atomic mass is 35.5. The summed E-state index contributed by atoms with van der Waals surface area (Å²) in [6, 6.07) is 19.6. The van der Waals surface area contributed by atoms with Crippen LogP contribution in [0.25, 0.3) is 22.3 Å². The second-order valence-corrected chi connectivity index (χ2v) is 9.70. The van der Waals surface area contributed by atoms with Crippen molar-refractivity contribution in [2.24, 2.45) is 0 Å². The van der Waals surface area contributed by atoms with Crippen molar-refractivity contribution in [2.45, 2.75) is 46.6 Å². The van der Waals surface area contributed by atoms with Crippen molar-refractivity contribution >= 4 is 22.6 Å². The van der Waals surface area contributed by atoms with Crippen LogP contribution in [0.3, 0.4) is 0 Å². The van der Waals surface area contributed by atoms with Crippen molar-refractivity contribution < 1.29 is 9.15 Å². The van der Waals surface area contributed by atoms with Crippen LogP contribution in [0.2, 0.25) is 5.02 Å². The zero-order valence-corrected chi connectivity index (χ0v) is 19.8. The lowest BCUT2D eigenvalue weighted by molar-refractivity contribution is 0.298. The minimum absolute atomic E-state index is 0.0289. The third-order valence-electron chi connectivity index (χ3n) is 5.61. The summed E-state index contributed by atoms with van der Waals surface area (Å²) in [5.41, 5.74) is 5.27. The van der Waals surface area contributed by atoms with E-state index in [0.717, 1.165) is 22.3 Å². The molecule has 0 saturated heterocycles. The van der Waals surface area contributed by atoms with E-state index in [2.05, 4.69) is 32.9 Å². The standard InChI is InChI=1S/C28H27ClO3/c1-17-7-6-8-19(13-17)16-31-27-25(30)22-15-23(29)18(2)14-24(22)32-26(27)20-9-11-21(12-10-20)28(3,4)5/h6-15H,16H2,1-5H3. The normalized spacial score (nSPS) is 11.7. The van der Waals surface area contributed by atoms with Crippen molar-refractivity contribution in [1.82, 2.24) is 0 Å². The molecule has 32 heavy (non-hydrogen) atoms. The smallest absolute Gasteiger partial charge is 0.235 e. The van der Waals surface area contributed by atoms with Crippen molar-refractivity contribution in [3.05, 3.63) is 98.2 Å². The first-order chi connectivity index (χ1) is 15.1. The van der Waals surface area contributed by atoms with Crippen molar-refractivity contribution in [2.75, 3.05) is 0 Å². The van der Waals surface area contributed by atoms with E-state index in [0.29, 0.717) is 21.8 Å². The highest BCUT2D eigenvalue weighted by Crippen LogP contribution is 2.34. The lowest BCUT2D eigenvalue weighted by Crippen LogP contribution is -2.12. The number of halogens is 1. The molecule has 0 unspecified atom stereocenters. The van der Waals surface area contributed by atoms with E-state index in [4.69, 9.17) is 20.8 Å². The fraction of sp³-hybridized carbons (Fsp3) is 0.250. The highest BCUT2D eigenvalue weighted by Gasteiger charge is 2.20. The molecular weight excluding hydrogens is 420 g/mol. The van der Waals surface area contributed by atoms with Crippen LogP contribution < -0.4 is 10.2 Å². The lowest BCUT2D eigenvalue weighted by Gasteiger charge is -2.19. The molecule has 0 fully saturated rings. The predicted octanol–water partition coefficient (Wildman–Crippen LogP) is 7.61. The number of aryl methyl sites for hydroxylation is 2. The van der Waals surface area contributed by atoms with Crippen LogP contribution in [-0.2, 0) is 12.0 Å². The van der Waals surface area contributed by atoms with Gasteiger partial charge < -0.3 is 9.15 Å². The number of hydrogen-bond acceptors (Lipinski definition) is 3. The molecule has 0 saturated carbocycles. The number of benzene rings is 3. The molecule has 4 rings (SSSR count). The minimum atomic E-state index is -0.226. The Bertz CT molecular complexity index is 1340. The molecule has 0 atom stereocenters. The van der Waals surface area contributed by atoms with Gasteiger partial charge in [-0.15, -0.1) is 0 Å². The molecule has 0 spiro atoms. The third kappa shape index (κ3) is 4.44. The number of hydrogen-bond donors (Lipinski definition) is 0. The molecule has 0 radical (unpaired) electrons. The van der Waals surface area contributed by atoms with Gasteiger partial charge in [0.25, 0.3) is 0 Å². The Labute approximate surface area is 193 Å². The van der Waals surface area contributed by atoms with Crippen molar-refractivity contribution in [3.8, 4) is 17.1 Å². The summed E-state index contributed by atoms with van der Waals surface area (Å²) in [6.45, 7) is 10.7. The van der Waals surface area contributed by atoms with Crippen LogP contribution in [-0.4, -0.2) is 0 Å². The summed E-state index contributed by atoms with van der Waals surface area (Å²) in [6.07, 6.45) is 0. The molecular formula is C28H27ClO3. The molecule has 0 aliphatic rings. The molecule has 0 aliphatic carbocycles. The maximum absolute atomic E-state index is 13.5. The topological polar surface area (TPSA) is 39.4 Å². The molecule has 4 heteroatoms. The molecule has 0 amide bonds. The Morgan fingerprint density at radius 1 is 0.969 bits per heavy atom. The van der Waals surface area contributed by atoms with Gasteiger partial charge in [-0.25, -0.2) is 0 Å². The predicted molar refractivity (Wildman–Crippen MR) is 132 cm³/mol. The summed E-state index contributed by atoms with van der Waals surface area (Å²) >= 11 is 6.30. The molecule has 0 bridgehead atoms. The van der Waals surface area contributed by atoms with Gasteiger partial charge in [0.1, 0.15) is 12.2 Å². The summed E-state index contributed by atoms with van der Waals surface area (Å²) in [5.74, 6) is 0.625. The Morgan fingerprint density at radius 2 is 1.69 bits per heavy atom. The van der Waals surface area contributed by atoms with E-state index in [1.165, 1.54) is 5.56 Å². The minimum Gasteiger partial charge on any atom is -0.481 e. The third-order valence-corrected chi connectivity index (χ3v) is 6.02. The first-order valence-corrected chi connectivity index (χ1v) is 11.1. The van der Waals surface area contributed by atoms with E-state index < -0.39 is 0 Å². The average molecular weight is 447 g/mol. The van der Waals surface area contributed by atoms with Crippen LogP contribution in [0.1, 0.15) is 43.0 Å². The Hall–Kier alpha value is -3.04. The van der Waals surface area contributed by atoms with Crippen LogP contribution in [0.5, 0.6) is 5.75 Å². The van der Waals surface area contributed by atoms with Crippen molar-refractivity contribution in [1.29, 1.82) is 0 Å². The first-order valence-electron chi connectivity index (χ1n) is 10.7. The van der Waals surface area contributed by atoms with E-state index in [1.54, 1.807) is 12.1 Å². The summed E-state index contributed by atoms with van der Waals surface area (Å²) in [4.78, 5) is 13.5. The van der Waals surface area contributed by atoms with Crippen LogP contribution in [0, 0.1) is 13.8 Å². The van der Waals surface area contributed by atoms with E-state index in [9.17, 15) is 4.79 Å². The molecule has 4 aromatic rings. The van der Waals surface area contributed by atoms with Gasteiger partial charge in [-0.1, -0.05) is 86.5 Å². The maximum atomic E-state index is 13.5. The average Bonchev–Trinajstić information content (AvgIpc) is 2.74. The molecule has 3 nitrogen and oxygen atoms in total. The fourth-order valence-electron chi connectivity index (χ4n) is 3.70. The van der Waals surface area contributed by atoms with E-state index in [-0.39, 0.29) is 23.2 Å². The van der Waals surface area contributed by atoms with E-state index in [1.807, 2.05) is 50.2 Å². The number of fused-ring (bicyclic) bond motifs is 1. The molecule has 1 heterocycles. The van der Waals surface area contributed by atoms with Crippen LogP contribution >= 0.6 is 11.6 Å². The van der Waals surface area contributed by atoms with E-state index >= 15 is 0 Å². The summed E-state index contributed by atoms with van der Waals surface area (Å²) < 4.78 is 12.3. The monoisotopic (exact) mass is 446 g/mol. The molecule has 0 N–H and O–H groups in total. The summed E-state index contributed by atoms with van der Waals surface area (Å²) in [5, 5.41) is 0.937. The van der Waals surface area contributed by atoms with Gasteiger partial charge in [-0.2, -0.15) is 0 Å². The number of ether oxygens (including phenoxy) is 1. The van der Waals surface area contributed by atoms with Crippen molar-refractivity contribution in [3.63, 3.8) is 0 Å². The largest absolute Gasteiger partial charge is 0.481 e. The Kier molecular flexibility index (Phi) is 5.87. The zero-order valence-electron chi connectivity index (χ0n) is 19.1. The fourth-order valence-corrected chi connectivity index (χ4v) is 3.86. The SMILES string of the molecule is Cc1cccc(COc2c(-c3ccc(C(C)(C)C)cc3)oc3cc(C)c(Cl)cc3c2=O)c1. The second-order valence-electron chi connectivity index (χ2n) is 9.29. The van der Waals surface area contributed by atoms with Gasteiger partial charge in [-0.3, -0.25) is 4.79 Å². The van der Waals surface area contributed by atoms with Gasteiger partial charge in [0.2, 0.25) is 11.2 Å². The van der Waals surface area contributed by atoms with Gasteiger partial charge in [0.15, 0.2) is 5.76 Å². The molecule has 1 aromatic heterocycles. The van der Waals surface area contributed by atoms with Gasteiger partial charge in [-0.05, 0) is 48.1 Å². The van der Waals surface area contributed by atoms with Gasteiger partial charge in [0.05, 0.1) is 5.39 Å². The zero-order chi connectivity index (χ0) is 23.0. The Balaban J connectivity index is 1.86. The number of rotatable bonds is 4. The highest BCUT2D eigenvalue weighted by molar-refractivity contribution is 6.32. The molecule has 3 aromatic carbocycles. The first kappa shape index (κ1) is 22.2.